The number of nitrogens with one attached hydrogen (secondary N) is 2. The van der Waals surface area contributed by atoms with Gasteiger partial charge in [0.1, 0.15) is 0 Å². The van der Waals surface area contributed by atoms with Crippen molar-refractivity contribution in [1.82, 2.24) is 10.8 Å². The van der Waals surface area contributed by atoms with E-state index >= 15 is 0 Å². The monoisotopic (exact) mass is 242 g/mol. The van der Waals surface area contributed by atoms with Crippen LogP contribution in [0.5, 0.6) is 0 Å². The number of hydroxylamine groups is 1. The number of hydrogen-bond donors (Lipinski definition) is 2. The topological polar surface area (TPSA) is 67.4 Å². The fourth-order valence-corrected chi connectivity index (χ4v) is 0.704. The molecule has 0 aromatic carbocycles. The van der Waals surface area contributed by atoms with Crippen molar-refractivity contribution in [3.8, 4) is 0 Å². The van der Waals surface area contributed by atoms with Crippen molar-refractivity contribution in [2.24, 2.45) is 0 Å². The quantitative estimate of drug-likeness (QED) is 0.705. The largest absolute Gasteiger partial charge is 0.493 e. The first-order valence-electron chi connectivity index (χ1n) is 4.51. The second kappa shape index (κ2) is 6.31. The molecule has 0 saturated heterocycles. The van der Waals surface area contributed by atoms with Gasteiger partial charge < -0.3 is 10.2 Å². The van der Waals surface area contributed by atoms with Gasteiger partial charge in [-0.3, -0.25) is 4.79 Å². The van der Waals surface area contributed by atoms with E-state index in [-0.39, 0.29) is 12.5 Å². The van der Waals surface area contributed by atoms with Crippen molar-refractivity contribution in [3.63, 3.8) is 0 Å². The van der Waals surface area contributed by atoms with Crippen LogP contribution in [-0.2, 0) is 14.4 Å². The van der Waals surface area contributed by atoms with Crippen LogP contribution in [0.4, 0.5) is 13.2 Å². The van der Waals surface area contributed by atoms with Crippen molar-refractivity contribution < 1.29 is 27.6 Å². The summed E-state index contributed by atoms with van der Waals surface area (Å²) in [5.41, 5.74) is 1.43. The van der Waals surface area contributed by atoms with Crippen LogP contribution in [0.15, 0.2) is 0 Å². The Morgan fingerprint density at radius 1 is 1.38 bits per heavy atom. The Morgan fingerprint density at radius 2 is 1.94 bits per heavy atom. The summed E-state index contributed by atoms with van der Waals surface area (Å²) in [4.78, 5) is 24.7. The van der Waals surface area contributed by atoms with E-state index < -0.39 is 18.1 Å². The molecule has 0 aliphatic heterocycles. The first-order chi connectivity index (χ1) is 7.27. The van der Waals surface area contributed by atoms with E-state index in [2.05, 4.69) is 10.2 Å². The lowest BCUT2D eigenvalue weighted by atomic mass is 10.2. The van der Waals surface area contributed by atoms with E-state index in [9.17, 15) is 22.8 Å². The van der Waals surface area contributed by atoms with E-state index in [0.29, 0.717) is 6.42 Å². The van der Waals surface area contributed by atoms with Crippen LogP contribution < -0.4 is 10.8 Å². The fourth-order valence-electron chi connectivity index (χ4n) is 0.704. The standard InChI is InChI=1S/C8H13F3N2O3/c1-5(12-2)3-4-6(14)13-16-7(15)8(9,10)11/h5,12H,3-4H2,1-2H3,(H,13,14). The highest BCUT2D eigenvalue weighted by Gasteiger charge is 2.41. The zero-order valence-corrected chi connectivity index (χ0v) is 8.85. The van der Waals surface area contributed by atoms with E-state index in [1.807, 2.05) is 0 Å². The summed E-state index contributed by atoms with van der Waals surface area (Å²) in [5, 5.41) is 2.84. The van der Waals surface area contributed by atoms with Gasteiger partial charge in [0.2, 0.25) is 0 Å². The molecule has 1 unspecified atom stereocenters. The number of hydrogen-bond acceptors (Lipinski definition) is 4. The Bertz CT molecular complexity index is 255. The van der Waals surface area contributed by atoms with E-state index in [1.165, 1.54) is 5.48 Å². The smallest absolute Gasteiger partial charge is 0.332 e. The van der Waals surface area contributed by atoms with Crippen molar-refractivity contribution in [1.29, 1.82) is 0 Å². The predicted molar refractivity (Wildman–Crippen MR) is 48.0 cm³/mol. The zero-order valence-electron chi connectivity index (χ0n) is 8.85. The highest BCUT2D eigenvalue weighted by molar-refractivity contribution is 5.80. The normalized spacial score (nSPS) is 13.1. The summed E-state index contributed by atoms with van der Waals surface area (Å²) in [6.07, 6.45) is -4.72. The molecule has 0 bridgehead atoms. The number of halogens is 3. The lowest BCUT2D eigenvalue weighted by Crippen LogP contribution is -2.35. The van der Waals surface area contributed by atoms with Crippen LogP contribution in [0, 0.1) is 0 Å². The van der Waals surface area contributed by atoms with E-state index in [1.54, 1.807) is 14.0 Å². The van der Waals surface area contributed by atoms with E-state index in [4.69, 9.17) is 0 Å². The lowest BCUT2D eigenvalue weighted by Gasteiger charge is -2.10. The van der Waals surface area contributed by atoms with Crippen LogP contribution in [0.3, 0.4) is 0 Å². The van der Waals surface area contributed by atoms with Crippen LogP contribution in [0.1, 0.15) is 19.8 Å². The molecule has 0 radical (unpaired) electrons. The van der Waals surface area contributed by atoms with Gasteiger partial charge in [-0.1, -0.05) is 0 Å². The lowest BCUT2D eigenvalue weighted by molar-refractivity contribution is -0.207. The number of alkyl halides is 3. The molecule has 8 heteroatoms. The Labute approximate surface area is 90.3 Å². The third-order valence-corrected chi connectivity index (χ3v) is 1.79. The molecule has 1 atom stereocenters. The highest BCUT2D eigenvalue weighted by Crippen LogP contribution is 2.15. The first kappa shape index (κ1) is 14.7. The molecule has 0 heterocycles. The van der Waals surface area contributed by atoms with Gasteiger partial charge >= 0.3 is 12.1 Å². The summed E-state index contributed by atoms with van der Waals surface area (Å²) in [6.45, 7) is 1.80. The molecule has 0 saturated carbocycles. The van der Waals surface area contributed by atoms with Gasteiger partial charge in [0.25, 0.3) is 5.91 Å². The Morgan fingerprint density at radius 3 is 2.38 bits per heavy atom. The highest BCUT2D eigenvalue weighted by atomic mass is 19.4. The number of amides is 1. The average molecular weight is 242 g/mol. The van der Waals surface area contributed by atoms with Gasteiger partial charge in [-0.05, 0) is 20.4 Å². The minimum absolute atomic E-state index is 0.0346. The molecule has 5 nitrogen and oxygen atoms in total. The Kier molecular flexibility index (Phi) is 5.79. The summed E-state index contributed by atoms with van der Waals surface area (Å²) in [7, 11) is 1.69. The second-order valence-corrected chi connectivity index (χ2v) is 3.14. The fraction of sp³-hybridized carbons (Fsp3) is 0.750. The number of carbonyl (C=O) groups excluding carboxylic acids is 2. The minimum Gasteiger partial charge on any atom is -0.332 e. The van der Waals surface area contributed by atoms with Crippen molar-refractivity contribution >= 4 is 11.9 Å². The molecule has 0 aromatic heterocycles. The van der Waals surface area contributed by atoms with Crippen LogP contribution in [0.2, 0.25) is 0 Å². The molecule has 0 aliphatic rings. The van der Waals surface area contributed by atoms with Gasteiger partial charge in [0.05, 0.1) is 0 Å². The molecule has 0 aromatic rings. The summed E-state index contributed by atoms with van der Waals surface area (Å²) >= 11 is 0. The summed E-state index contributed by atoms with van der Waals surface area (Å²) < 4.78 is 34.9. The molecule has 0 fully saturated rings. The van der Waals surface area contributed by atoms with Crippen LogP contribution in [-0.4, -0.2) is 31.1 Å². The number of rotatable bonds is 4. The molecular weight excluding hydrogens is 229 g/mol. The van der Waals surface area contributed by atoms with Gasteiger partial charge in [0, 0.05) is 12.5 Å². The van der Waals surface area contributed by atoms with E-state index in [0.717, 1.165) is 0 Å². The van der Waals surface area contributed by atoms with Gasteiger partial charge in [-0.15, -0.1) is 0 Å². The Balaban J connectivity index is 3.78. The molecule has 0 aliphatic carbocycles. The molecule has 94 valence electrons. The average Bonchev–Trinajstić information content (AvgIpc) is 2.20. The summed E-state index contributed by atoms with van der Waals surface area (Å²) in [6, 6.07) is 0.0454. The maximum absolute atomic E-state index is 11.6. The third kappa shape index (κ3) is 6.23. The molecule has 0 spiro atoms. The SMILES string of the molecule is CNC(C)CCC(=O)NOC(=O)C(F)(F)F. The van der Waals surface area contributed by atoms with Crippen molar-refractivity contribution in [3.05, 3.63) is 0 Å². The Hall–Kier alpha value is -1.31. The first-order valence-corrected chi connectivity index (χ1v) is 4.51. The van der Waals surface area contributed by atoms with Gasteiger partial charge in [0.15, 0.2) is 0 Å². The molecule has 1 amide bonds. The maximum Gasteiger partial charge on any atom is 0.493 e. The van der Waals surface area contributed by atoms with Crippen LogP contribution >= 0.6 is 0 Å². The van der Waals surface area contributed by atoms with Gasteiger partial charge in [-0.25, -0.2) is 4.79 Å². The number of carbonyl (C=O) groups is 2. The zero-order chi connectivity index (χ0) is 12.8. The molecule has 0 rings (SSSR count). The third-order valence-electron chi connectivity index (χ3n) is 1.79. The minimum atomic E-state index is -5.11. The summed E-state index contributed by atoms with van der Waals surface area (Å²) in [5.74, 6) is -3.22. The second-order valence-electron chi connectivity index (χ2n) is 3.14. The van der Waals surface area contributed by atoms with Crippen molar-refractivity contribution in [2.45, 2.75) is 32.0 Å². The van der Waals surface area contributed by atoms with Gasteiger partial charge in [-0.2, -0.15) is 18.7 Å². The van der Waals surface area contributed by atoms with Crippen LogP contribution in [0.25, 0.3) is 0 Å². The predicted octanol–water partition coefficient (Wildman–Crippen LogP) is 0.511. The molecular formula is C8H13F3N2O3. The molecule has 16 heavy (non-hydrogen) atoms. The molecule has 2 N–H and O–H groups in total. The van der Waals surface area contributed by atoms with Crippen molar-refractivity contribution in [2.75, 3.05) is 7.05 Å². The maximum atomic E-state index is 11.6.